The van der Waals surface area contributed by atoms with Gasteiger partial charge in [0.05, 0.1) is 12.1 Å². The number of carbonyl (C=O) groups excluding carboxylic acids is 1. The van der Waals surface area contributed by atoms with E-state index in [1.165, 1.54) is 4.88 Å². The van der Waals surface area contributed by atoms with E-state index < -0.39 is 0 Å². The van der Waals surface area contributed by atoms with Gasteiger partial charge in [-0.2, -0.15) is 0 Å². The highest BCUT2D eigenvalue weighted by atomic mass is 32.1. The molecule has 0 radical (unpaired) electrons. The second kappa shape index (κ2) is 8.66. The van der Waals surface area contributed by atoms with Crippen LogP contribution < -0.4 is 5.32 Å². The first-order chi connectivity index (χ1) is 11.0. The topological polar surface area (TPSA) is 55.8 Å². The van der Waals surface area contributed by atoms with Crippen molar-refractivity contribution in [2.75, 3.05) is 34.2 Å². The van der Waals surface area contributed by atoms with Crippen LogP contribution in [0.3, 0.4) is 0 Å². The molecule has 130 valence electrons. The average Bonchev–Trinajstić information content (AvgIpc) is 3.03. The summed E-state index contributed by atoms with van der Waals surface area (Å²) >= 11 is 1.71. The van der Waals surface area contributed by atoms with E-state index in [9.17, 15) is 9.90 Å². The summed E-state index contributed by atoms with van der Waals surface area (Å²) in [6.45, 7) is 1.21. The molecule has 0 spiro atoms. The molecule has 1 aliphatic carbocycles. The fraction of sp³-hybridized carbons (Fsp3) is 0.706. The van der Waals surface area contributed by atoms with Gasteiger partial charge in [0.25, 0.3) is 0 Å². The van der Waals surface area contributed by atoms with Crippen molar-refractivity contribution >= 4 is 17.4 Å². The molecule has 3 unspecified atom stereocenters. The van der Waals surface area contributed by atoms with E-state index in [0.717, 1.165) is 25.7 Å². The number of likely N-dealkylation sites (N-methyl/N-ethyl adjacent to an activating group) is 1. The highest BCUT2D eigenvalue weighted by Crippen LogP contribution is 2.25. The van der Waals surface area contributed by atoms with Crippen LogP contribution >= 0.6 is 11.3 Å². The monoisotopic (exact) mass is 339 g/mol. The van der Waals surface area contributed by atoms with E-state index >= 15 is 0 Å². The van der Waals surface area contributed by atoms with Crippen LogP contribution in [0.5, 0.6) is 0 Å². The Labute approximate surface area is 143 Å². The Kier molecular flexibility index (Phi) is 6.87. The molecule has 2 rings (SSSR count). The molecule has 1 heterocycles. The Balaban J connectivity index is 1.83. The number of nitrogens with one attached hydrogen (secondary N) is 1. The third-order valence-corrected chi connectivity index (χ3v) is 5.64. The Morgan fingerprint density at radius 2 is 2.13 bits per heavy atom. The van der Waals surface area contributed by atoms with Crippen LogP contribution in [-0.4, -0.2) is 61.3 Å². The molecule has 5 nitrogen and oxygen atoms in total. The number of hydrogen-bond acceptors (Lipinski definition) is 4. The predicted octanol–water partition coefficient (Wildman–Crippen LogP) is 2.54. The molecule has 0 saturated heterocycles. The van der Waals surface area contributed by atoms with Crippen molar-refractivity contribution in [1.82, 2.24) is 15.1 Å². The summed E-state index contributed by atoms with van der Waals surface area (Å²) in [7, 11) is 5.86. The molecule has 1 fully saturated rings. The predicted molar refractivity (Wildman–Crippen MR) is 94.7 cm³/mol. The summed E-state index contributed by atoms with van der Waals surface area (Å²) < 4.78 is 0. The van der Waals surface area contributed by atoms with Crippen molar-refractivity contribution in [3.05, 3.63) is 22.4 Å². The quantitative estimate of drug-likeness (QED) is 0.837. The summed E-state index contributed by atoms with van der Waals surface area (Å²) in [6, 6.07) is 4.26. The molecule has 2 N–H and O–H groups in total. The first-order valence-corrected chi connectivity index (χ1v) is 9.24. The Hall–Kier alpha value is -1.11. The van der Waals surface area contributed by atoms with Gasteiger partial charge in [-0.3, -0.25) is 0 Å². The van der Waals surface area contributed by atoms with Gasteiger partial charge in [-0.25, -0.2) is 4.79 Å². The minimum atomic E-state index is -0.264. The van der Waals surface area contributed by atoms with Gasteiger partial charge in [-0.1, -0.05) is 18.9 Å². The van der Waals surface area contributed by atoms with Crippen LogP contribution in [-0.2, 0) is 0 Å². The Morgan fingerprint density at radius 1 is 1.39 bits per heavy atom. The average molecular weight is 340 g/mol. The van der Waals surface area contributed by atoms with Gasteiger partial charge in [0.2, 0.25) is 0 Å². The molecule has 1 aromatic rings. The zero-order valence-electron chi connectivity index (χ0n) is 14.4. The van der Waals surface area contributed by atoms with E-state index in [0.29, 0.717) is 13.1 Å². The van der Waals surface area contributed by atoms with Gasteiger partial charge in [0, 0.05) is 30.9 Å². The summed E-state index contributed by atoms with van der Waals surface area (Å²) in [4.78, 5) is 17.4. The molecule has 0 aliphatic heterocycles. The molecule has 1 saturated carbocycles. The van der Waals surface area contributed by atoms with Crippen molar-refractivity contribution in [1.29, 1.82) is 0 Å². The number of hydrogen-bond donors (Lipinski definition) is 2. The molecule has 2 amide bonds. The van der Waals surface area contributed by atoms with Crippen molar-refractivity contribution in [2.45, 2.75) is 37.8 Å². The number of nitrogens with zero attached hydrogens (tertiary/aromatic N) is 2. The van der Waals surface area contributed by atoms with Crippen LogP contribution in [0.2, 0.25) is 0 Å². The van der Waals surface area contributed by atoms with E-state index in [2.05, 4.69) is 21.7 Å². The number of amides is 2. The maximum atomic E-state index is 12.3. The lowest BCUT2D eigenvalue weighted by atomic mass is 9.86. The number of thiophene rings is 1. The van der Waals surface area contributed by atoms with Gasteiger partial charge in [0.15, 0.2) is 0 Å². The fourth-order valence-electron chi connectivity index (χ4n) is 3.17. The van der Waals surface area contributed by atoms with Gasteiger partial charge >= 0.3 is 6.03 Å². The summed E-state index contributed by atoms with van der Waals surface area (Å²) in [5.74, 6) is 0.210. The van der Waals surface area contributed by atoms with E-state index in [-0.39, 0.29) is 24.1 Å². The largest absolute Gasteiger partial charge is 0.393 e. The number of urea groups is 1. The molecule has 0 bridgehead atoms. The highest BCUT2D eigenvalue weighted by molar-refractivity contribution is 7.10. The first-order valence-electron chi connectivity index (χ1n) is 8.36. The standard InChI is InChI=1S/C17H29N3O2S/c1-19(2)14(16-9-6-10-23-16)11-18-17(22)20(3)12-13-7-4-5-8-15(13)21/h6,9-10,13-15,21H,4-5,7-8,11-12H2,1-3H3,(H,18,22). The van der Waals surface area contributed by atoms with Gasteiger partial charge in [-0.15, -0.1) is 11.3 Å². The van der Waals surface area contributed by atoms with Gasteiger partial charge in [-0.05, 0) is 38.4 Å². The molecule has 6 heteroatoms. The van der Waals surface area contributed by atoms with Gasteiger partial charge in [0.1, 0.15) is 0 Å². The normalized spacial score (nSPS) is 22.8. The maximum absolute atomic E-state index is 12.3. The van der Waals surface area contributed by atoms with Gasteiger partial charge < -0.3 is 20.2 Å². The molecular weight excluding hydrogens is 310 g/mol. The second-order valence-corrected chi connectivity index (χ2v) is 7.65. The van der Waals surface area contributed by atoms with Crippen molar-refractivity contribution < 1.29 is 9.90 Å². The zero-order chi connectivity index (χ0) is 16.8. The maximum Gasteiger partial charge on any atom is 0.317 e. The van der Waals surface area contributed by atoms with E-state index in [4.69, 9.17) is 0 Å². The smallest absolute Gasteiger partial charge is 0.317 e. The van der Waals surface area contributed by atoms with Crippen LogP contribution in [0.15, 0.2) is 17.5 Å². The molecule has 0 aromatic carbocycles. The van der Waals surface area contributed by atoms with Crippen LogP contribution in [0.4, 0.5) is 4.79 Å². The lowest BCUT2D eigenvalue weighted by molar-refractivity contribution is 0.0564. The molecule has 1 aromatic heterocycles. The fourth-order valence-corrected chi connectivity index (χ4v) is 4.10. The second-order valence-electron chi connectivity index (χ2n) is 6.67. The molecular formula is C17H29N3O2S. The molecule has 1 aliphatic rings. The van der Waals surface area contributed by atoms with Crippen LogP contribution in [0.25, 0.3) is 0 Å². The minimum Gasteiger partial charge on any atom is -0.393 e. The van der Waals surface area contributed by atoms with Crippen LogP contribution in [0, 0.1) is 5.92 Å². The summed E-state index contributed by atoms with van der Waals surface area (Å²) in [5, 5.41) is 15.1. The highest BCUT2D eigenvalue weighted by Gasteiger charge is 2.26. The number of rotatable bonds is 6. The Bertz CT molecular complexity index is 478. The van der Waals surface area contributed by atoms with Crippen molar-refractivity contribution in [3.63, 3.8) is 0 Å². The van der Waals surface area contributed by atoms with Crippen LogP contribution in [0.1, 0.15) is 36.6 Å². The lowest BCUT2D eigenvalue weighted by Crippen LogP contribution is -2.45. The number of aliphatic hydroxyl groups excluding tert-OH is 1. The molecule has 3 atom stereocenters. The zero-order valence-corrected chi connectivity index (χ0v) is 15.2. The number of aliphatic hydroxyl groups is 1. The van der Waals surface area contributed by atoms with E-state index in [1.54, 1.807) is 16.2 Å². The minimum absolute atomic E-state index is 0.0637. The lowest BCUT2D eigenvalue weighted by Gasteiger charge is -2.31. The van der Waals surface area contributed by atoms with Crippen molar-refractivity contribution in [3.8, 4) is 0 Å². The summed E-state index contributed by atoms with van der Waals surface area (Å²) in [5.41, 5.74) is 0. The Morgan fingerprint density at radius 3 is 2.74 bits per heavy atom. The SMILES string of the molecule is CN(CC1CCCCC1O)C(=O)NCC(c1cccs1)N(C)C. The number of carbonyl (C=O) groups is 1. The summed E-state index contributed by atoms with van der Waals surface area (Å²) in [6.07, 6.45) is 3.85. The van der Waals surface area contributed by atoms with Crippen molar-refractivity contribution in [2.24, 2.45) is 5.92 Å². The van der Waals surface area contributed by atoms with E-state index in [1.807, 2.05) is 27.2 Å². The third kappa shape index (κ3) is 5.19. The third-order valence-electron chi connectivity index (χ3n) is 4.67. The molecule has 23 heavy (non-hydrogen) atoms. The first kappa shape index (κ1) is 18.2.